The molecule has 0 aromatic carbocycles. The molecule has 3 atom stereocenters. The molecule has 4 rings (SSSR count). The van der Waals surface area contributed by atoms with Crippen LogP contribution in [0.1, 0.15) is 54.9 Å². The Labute approximate surface area is 165 Å². The third-order valence-corrected chi connectivity index (χ3v) is 6.77. The second-order valence-electron chi connectivity index (χ2n) is 8.25. The predicted molar refractivity (Wildman–Crippen MR) is 109 cm³/mol. The molecule has 2 aromatic rings. The highest BCUT2D eigenvalue weighted by Gasteiger charge is 2.36. The molecular weight excluding hydrogens is 356 g/mol. The molecule has 2 aliphatic rings. The molecule has 2 aromatic heterocycles. The van der Waals surface area contributed by atoms with Gasteiger partial charge in [0.1, 0.15) is 11.5 Å². The van der Waals surface area contributed by atoms with Crippen molar-refractivity contribution in [1.82, 2.24) is 10.2 Å². The van der Waals surface area contributed by atoms with Crippen molar-refractivity contribution in [2.45, 2.75) is 51.5 Å². The fourth-order valence-corrected chi connectivity index (χ4v) is 4.86. The van der Waals surface area contributed by atoms with Crippen LogP contribution in [-0.4, -0.2) is 30.4 Å². The van der Waals surface area contributed by atoms with Gasteiger partial charge < -0.3 is 9.73 Å². The van der Waals surface area contributed by atoms with Crippen molar-refractivity contribution >= 4 is 17.2 Å². The number of likely N-dealkylation sites (tertiary alicyclic amines) is 1. The molecule has 5 heteroatoms. The van der Waals surface area contributed by atoms with Crippen LogP contribution in [0.2, 0.25) is 0 Å². The quantitative estimate of drug-likeness (QED) is 0.730. The van der Waals surface area contributed by atoms with Crippen LogP contribution in [0, 0.1) is 11.8 Å². The first-order valence-corrected chi connectivity index (χ1v) is 11.2. The summed E-state index contributed by atoms with van der Waals surface area (Å²) < 4.78 is 5.90. The summed E-state index contributed by atoms with van der Waals surface area (Å²) in [5.41, 5.74) is 0. The van der Waals surface area contributed by atoms with Gasteiger partial charge in [-0.3, -0.25) is 9.69 Å². The first kappa shape index (κ1) is 18.8. The van der Waals surface area contributed by atoms with Crippen LogP contribution in [0.4, 0.5) is 0 Å². The van der Waals surface area contributed by atoms with E-state index in [1.807, 2.05) is 17.4 Å². The van der Waals surface area contributed by atoms with Gasteiger partial charge in [0.2, 0.25) is 5.91 Å². The van der Waals surface area contributed by atoms with E-state index in [1.165, 1.54) is 30.7 Å². The summed E-state index contributed by atoms with van der Waals surface area (Å²) in [5.74, 6) is 4.11. The molecule has 1 saturated carbocycles. The fraction of sp³-hybridized carbons (Fsp3) is 0.591. The Morgan fingerprint density at radius 1 is 1.37 bits per heavy atom. The van der Waals surface area contributed by atoms with Crippen molar-refractivity contribution in [2.75, 3.05) is 19.6 Å². The zero-order valence-corrected chi connectivity index (χ0v) is 17.0. The normalized spacial score (nSPS) is 25.4. The average molecular weight is 387 g/mol. The van der Waals surface area contributed by atoms with E-state index in [9.17, 15) is 4.79 Å². The number of piperidine rings is 1. The summed E-state index contributed by atoms with van der Waals surface area (Å²) in [6.45, 7) is 6.35. The lowest BCUT2D eigenvalue weighted by Crippen LogP contribution is -2.40. The van der Waals surface area contributed by atoms with Crippen LogP contribution < -0.4 is 5.32 Å². The summed E-state index contributed by atoms with van der Waals surface area (Å²) in [7, 11) is 0. The summed E-state index contributed by atoms with van der Waals surface area (Å²) in [6.07, 6.45) is 4.88. The maximum Gasteiger partial charge on any atom is 0.220 e. The highest BCUT2D eigenvalue weighted by molar-refractivity contribution is 7.09. The minimum absolute atomic E-state index is 0.142. The first-order valence-electron chi connectivity index (χ1n) is 10.3. The molecule has 146 valence electrons. The Hall–Kier alpha value is -1.59. The van der Waals surface area contributed by atoms with Crippen molar-refractivity contribution in [1.29, 1.82) is 0 Å². The van der Waals surface area contributed by atoms with Crippen molar-refractivity contribution < 1.29 is 9.21 Å². The molecule has 1 aliphatic heterocycles. The van der Waals surface area contributed by atoms with E-state index in [1.54, 1.807) is 0 Å². The fourth-order valence-electron chi connectivity index (χ4n) is 4.11. The molecule has 2 fully saturated rings. The number of furan rings is 1. The Morgan fingerprint density at radius 3 is 3.04 bits per heavy atom. The number of carbonyl (C=O) groups excluding carboxylic acids is 1. The lowest BCUT2D eigenvalue weighted by molar-refractivity contribution is -0.121. The van der Waals surface area contributed by atoms with Gasteiger partial charge in [0.15, 0.2) is 0 Å². The van der Waals surface area contributed by atoms with Crippen molar-refractivity contribution in [3.05, 3.63) is 46.0 Å². The van der Waals surface area contributed by atoms with Crippen LogP contribution in [-0.2, 0) is 17.8 Å². The summed E-state index contributed by atoms with van der Waals surface area (Å²) in [4.78, 5) is 16.2. The van der Waals surface area contributed by atoms with Gasteiger partial charge in [-0.1, -0.05) is 13.0 Å². The van der Waals surface area contributed by atoms with Gasteiger partial charge >= 0.3 is 0 Å². The molecule has 1 amide bonds. The molecule has 27 heavy (non-hydrogen) atoms. The third kappa shape index (κ3) is 5.23. The zero-order chi connectivity index (χ0) is 18.6. The maximum atomic E-state index is 12.2. The maximum absolute atomic E-state index is 12.2. The smallest absolute Gasteiger partial charge is 0.220 e. The minimum Gasteiger partial charge on any atom is -0.466 e. The lowest BCUT2D eigenvalue weighted by Gasteiger charge is -2.32. The topological polar surface area (TPSA) is 45.5 Å². The van der Waals surface area contributed by atoms with Gasteiger partial charge in [-0.2, -0.15) is 0 Å². The second kappa shape index (κ2) is 8.61. The molecule has 1 aliphatic carbocycles. The first-order chi connectivity index (χ1) is 13.2. The van der Waals surface area contributed by atoms with E-state index in [-0.39, 0.29) is 5.91 Å². The van der Waals surface area contributed by atoms with Gasteiger partial charge in [-0.15, -0.1) is 11.3 Å². The Bertz CT molecular complexity index is 739. The summed E-state index contributed by atoms with van der Waals surface area (Å²) in [5, 5.41) is 5.29. The standard InChI is InChI=1S/C22H30N2O2S/c1-16-12-20(16)21-8-6-18(26-21)7-9-22(25)23-13-17-4-2-10-24(14-17)15-19-5-3-11-27-19/h3,5-6,8,11,16-17,20H,2,4,7,9-10,12-15H2,1H3,(H,23,25)/t16-,17-,20-/m1/s1. The average Bonchev–Trinajstić information content (AvgIpc) is 3.07. The van der Waals surface area contributed by atoms with E-state index < -0.39 is 0 Å². The molecule has 1 saturated heterocycles. The highest BCUT2D eigenvalue weighted by atomic mass is 32.1. The second-order valence-corrected chi connectivity index (χ2v) is 9.28. The molecular formula is C22H30N2O2S. The Kier molecular flexibility index (Phi) is 5.98. The number of aryl methyl sites for hydroxylation is 1. The van der Waals surface area contributed by atoms with Gasteiger partial charge in [-0.25, -0.2) is 0 Å². The number of hydrogen-bond acceptors (Lipinski definition) is 4. The van der Waals surface area contributed by atoms with Crippen LogP contribution in [0.5, 0.6) is 0 Å². The van der Waals surface area contributed by atoms with Gasteiger partial charge in [0, 0.05) is 43.3 Å². The van der Waals surface area contributed by atoms with Crippen LogP contribution in [0.25, 0.3) is 0 Å². The number of nitrogens with zero attached hydrogens (tertiary/aromatic N) is 1. The Morgan fingerprint density at radius 2 is 2.26 bits per heavy atom. The predicted octanol–water partition coefficient (Wildman–Crippen LogP) is 4.43. The lowest BCUT2D eigenvalue weighted by atomic mass is 9.98. The van der Waals surface area contributed by atoms with E-state index in [0.29, 0.717) is 24.7 Å². The molecule has 0 spiro atoms. The largest absolute Gasteiger partial charge is 0.466 e. The van der Waals surface area contributed by atoms with E-state index in [4.69, 9.17) is 4.42 Å². The van der Waals surface area contributed by atoms with Crippen LogP contribution in [0.15, 0.2) is 34.1 Å². The van der Waals surface area contributed by atoms with E-state index in [2.05, 4.69) is 40.7 Å². The molecule has 1 N–H and O–H groups in total. The molecule has 0 bridgehead atoms. The van der Waals surface area contributed by atoms with Crippen LogP contribution >= 0.6 is 11.3 Å². The van der Waals surface area contributed by atoms with Gasteiger partial charge in [-0.05, 0) is 61.2 Å². The van der Waals surface area contributed by atoms with Crippen molar-refractivity contribution in [3.8, 4) is 0 Å². The molecule has 0 radical (unpaired) electrons. The SMILES string of the molecule is C[C@@H]1C[C@H]1c1ccc(CCC(=O)NC[C@H]2CCCN(Cc3cccs3)C2)o1. The molecule has 4 nitrogen and oxygen atoms in total. The molecule has 0 unspecified atom stereocenters. The van der Waals surface area contributed by atoms with Crippen molar-refractivity contribution in [2.24, 2.45) is 11.8 Å². The third-order valence-electron chi connectivity index (χ3n) is 5.91. The number of thiophene rings is 1. The van der Waals surface area contributed by atoms with Gasteiger partial charge in [0.25, 0.3) is 0 Å². The molecule has 3 heterocycles. The number of hydrogen-bond donors (Lipinski definition) is 1. The van der Waals surface area contributed by atoms with E-state index in [0.717, 1.165) is 37.1 Å². The Balaban J connectivity index is 1.16. The summed E-state index contributed by atoms with van der Waals surface area (Å²) in [6, 6.07) is 8.46. The van der Waals surface area contributed by atoms with Crippen LogP contribution in [0.3, 0.4) is 0 Å². The van der Waals surface area contributed by atoms with Gasteiger partial charge in [0.05, 0.1) is 0 Å². The monoisotopic (exact) mass is 386 g/mol. The van der Waals surface area contributed by atoms with Crippen molar-refractivity contribution in [3.63, 3.8) is 0 Å². The minimum atomic E-state index is 0.142. The zero-order valence-electron chi connectivity index (χ0n) is 16.2. The number of rotatable bonds is 8. The number of amides is 1. The van der Waals surface area contributed by atoms with E-state index >= 15 is 0 Å². The number of carbonyl (C=O) groups is 1. The highest BCUT2D eigenvalue weighted by Crippen LogP contribution is 2.47. The summed E-state index contributed by atoms with van der Waals surface area (Å²) >= 11 is 1.83. The number of nitrogens with one attached hydrogen (secondary N) is 1.